The van der Waals surface area contributed by atoms with Gasteiger partial charge in [0.2, 0.25) is 0 Å². The van der Waals surface area contributed by atoms with Crippen molar-refractivity contribution in [2.24, 2.45) is 11.7 Å². The Balaban J connectivity index is 2.33. The van der Waals surface area contributed by atoms with E-state index in [1.807, 2.05) is 24.1 Å². The molecule has 2 atom stereocenters. The molecule has 0 bridgehead atoms. The second-order valence-electron chi connectivity index (χ2n) is 5.00. The molecule has 0 aliphatic heterocycles. The van der Waals surface area contributed by atoms with Gasteiger partial charge >= 0.3 is 0 Å². The molecule has 1 aliphatic carbocycles. The molecule has 2 N–H and O–H groups in total. The molecule has 0 heterocycles. The summed E-state index contributed by atoms with van der Waals surface area (Å²) >= 11 is 2.10. The number of nitro benzene ring substituents is 1. The predicted molar refractivity (Wildman–Crippen MR) is 84.4 cm³/mol. The topological polar surface area (TPSA) is 72.4 Å². The van der Waals surface area contributed by atoms with Gasteiger partial charge in [-0.25, -0.2) is 0 Å². The fourth-order valence-electron chi connectivity index (χ4n) is 2.92. The van der Waals surface area contributed by atoms with Crippen molar-refractivity contribution in [3.05, 3.63) is 31.9 Å². The zero-order valence-electron chi connectivity index (χ0n) is 10.9. The van der Waals surface area contributed by atoms with Gasteiger partial charge in [-0.3, -0.25) is 10.1 Å². The highest BCUT2D eigenvalue weighted by Gasteiger charge is 2.32. The van der Waals surface area contributed by atoms with Crippen molar-refractivity contribution in [2.75, 3.05) is 18.5 Å². The van der Waals surface area contributed by atoms with Gasteiger partial charge < -0.3 is 10.6 Å². The van der Waals surface area contributed by atoms with E-state index in [2.05, 4.69) is 22.6 Å². The standard InChI is InChI=1S/C13H18IN3O2/c1-16(11-4-2-3-9(11)8-15)12-6-5-10(14)7-13(12)17(18)19/h5-7,9,11H,2-4,8,15H2,1H3. The fourth-order valence-corrected chi connectivity index (χ4v) is 3.40. The van der Waals surface area contributed by atoms with Crippen LogP contribution in [-0.2, 0) is 0 Å². The third kappa shape index (κ3) is 3.00. The molecule has 0 spiro atoms. The van der Waals surface area contributed by atoms with Crippen LogP contribution in [0.25, 0.3) is 0 Å². The molecule has 19 heavy (non-hydrogen) atoms. The summed E-state index contributed by atoms with van der Waals surface area (Å²) in [6, 6.07) is 5.68. The zero-order chi connectivity index (χ0) is 14.0. The number of anilines is 1. The molecular formula is C13H18IN3O2. The highest BCUT2D eigenvalue weighted by atomic mass is 127. The largest absolute Gasteiger partial charge is 0.366 e. The van der Waals surface area contributed by atoms with Crippen molar-refractivity contribution in [2.45, 2.75) is 25.3 Å². The van der Waals surface area contributed by atoms with Crippen molar-refractivity contribution in [1.29, 1.82) is 0 Å². The predicted octanol–water partition coefficient (Wildman–Crippen LogP) is 2.76. The molecule has 0 aromatic heterocycles. The smallest absolute Gasteiger partial charge is 0.293 e. The first kappa shape index (κ1) is 14.5. The lowest BCUT2D eigenvalue weighted by Crippen LogP contribution is -2.38. The van der Waals surface area contributed by atoms with Gasteiger partial charge in [-0.05, 0) is 60.0 Å². The lowest BCUT2D eigenvalue weighted by atomic mass is 10.0. The van der Waals surface area contributed by atoms with Crippen LogP contribution in [0.5, 0.6) is 0 Å². The van der Waals surface area contributed by atoms with E-state index < -0.39 is 0 Å². The van der Waals surface area contributed by atoms with Gasteiger partial charge in [0.25, 0.3) is 5.69 Å². The molecular weight excluding hydrogens is 357 g/mol. The minimum Gasteiger partial charge on any atom is -0.366 e. The van der Waals surface area contributed by atoms with Crippen LogP contribution in [0.1, 0.15) is 19.3 Å². The molecule has 0 radical (unpaired) electrons. The Hall–Kier alpha value is -0.890. The Morgan fingerprint density at radius 1 is 1.53 bits per heavy atom. The third-order valence-electron chi connectivity index (χ3n) is 3.93. The van der Waals surface area contributed by atoms with Crippen LogP contribution in [0.15, 0.2) is 18.2 Å². The summed E-state index contributed by atoms with van der Waals surface area (Å²) in [6.07, 6.45) is 3.32. The highest BCUT2D eigenvalue weighted by Crippen LogP contribution is 2.36. The summed E-state index contributed by atoms with van der Waals surface area (Å²) in [5.41, 5.74) is 6.67. The quantitative estimate of drug-likeness (QED) is 0.499. The monoisotopic (exact) mass is 375 g/mol. The van der Waals surface area contributed by atoms with E-state index in [9.17, 15) is 10.1 Å². The third-order valence-corrected chi connectivity index (χ3v) is 4.60. The fraction of sp³-hybridized carbons (Fsp3) is 0.538. The molecule has 6 heteroatoms. The first-order chi connectivity index (χ1) is 9.04. The van der Waals surface area contributed by atoms with Crippen molar-refractivity contribution in [3.8, 4) is 0 Å². The Morgan fingerprint density at radius 3 is 2.89 bits per heavy atom. The first-order valence-electron chi connectivity index (χ1n) is 6.41. The van der Waals surface area contributed by atoms with Gasteiger partial charge in [0.1, 0.15) is 5.69 Å². The van der Waals surface area contributed by atoms with Crippen LogP contribution in [-0.4, -0.2) is 24.6 Å². The van der Waals surface area contributed by atoms with E-state index in [4.69, 9.17) is 5.73 Å². The number of nitrogens with two attached hydrogens (primary N) is 1. The van der Waals surface area contributed by atoms with Crippen LogP contribution >= 0.6 is 22.6 Å². The van der Waals surface area contributed by atoms with Crippen LogP contribution in [0.4, 0.5) is 11.4 Å². The minimum absolute atomic E-state index is 0.178. The summed E-state index contributed by atoms with van der Waals surface area (Å²) in [5, 5.41) is 11.2. The van der Waals surface area contributed by atoms with Gasteiger partial charge in [-0.1, -0.05) is 6.42 Å². The molecule has 0 saturated heterocycles. The molecule has 2 unspecified atom stereocenters. The van der Waals surface area contributed by atoms with Crippen molar-refractivity contribution >= 4 is 34.0 Å². The van der Waals surface area contributed by atoms with E-state index in [0.717, 1.165) is 22.8 Å². The molecule has 104 valence electrons. The van der Waals surface area contributed by atoms with E-state index >= 15 is 0 Å². The molecule has 5 nitrogen and oxygen atoms in total. The normalized spacial score (nSPS) is 22.5. The van der Waals surface area contributed by atoms with E-state index in [-0.39, 0.29) is 10.6 Å². The second-order valence-corrected chi connectivity index (χ2v) is 6.24. The zero-order valence-corrected chi connectivity index (χ0v) is 13.0. The number of nitrogens with zero attached hydrogens (tertiary/aromatic N) is 2. The highest BCUT2D eigenvalue weighted by molar-refractivity contribution is 14.1. The minimum atomic E-state index is -0.305. The summed E-state index contributed by atoms with van der Waals surface area (Å²) in [5.74, 6) is 0.434. The molecule has 0 amide bonds. The van der Waals surface area contributed by atoms with Gasteiger partial charge in [-0.2, -0.15) is 0 Å². The first-order valence-corrected chi connectivity index (χ1v) is 7.49. The average Bonchev–Trinajstić information content (AvgIpc) is 2.86. The number of rotatable bonds is 4. The molecule has 1 saturated carbocycles. The van der Waals surface area contributed by atoms with Crippen LogP contribution in [0.2, 0.25) is 0 Å². The molecule has 1 aliphatic rings. The maximum atomic E-state index is 11.2. The maximum absolute atomic E-state index is 11.2. The van der Waals surface area contributed by atoms with Crippen molar-refractivity contribution in [3.63, 3.8) is 0 Å². The summed E-state index contributed by atoms with van der Waals surface area (Å²) < 4.78 is 0.878. The van der Waals surface area contributed by atoms with Gasteiger partial charge in [0, 0.05) is 22.7 Å². The van der Waals surface area contributed by atoms with E-state index in [1.54, 1.807) is 6.07 Å². The Labute approximate surface area is 126 Å². The Bertz CT molecular complexity index is 481. The number of hydrogen-bond donors (Lipinski definition) is 1. The average molecular weight is 375 g/mol. The van der Waals surface area contributed by atoms with Gasteiger partial charge in [0.15, 0.2) is 0 Å². The molecule has 1 fully saturated rings. The molecule has 2 rings (SSSR count). The molecule has 1 aromatic carbocycles. The van der Waals surface area contributed by atoms with E-state index in [0.29, 0.717) is 24.2 Å². The second kappa shape index (κ2) is 6.04. The van der Waals surface area contributed by atoms with Crippen LogP contribution in [0.3, 0.4) is 0 Å². The van der Waals surface area contributed by atoms with Gasteiger partial charge in [0.05, 0.1) is 4.92 Å². The van der Waals surface area contributed by atoms with Crippen LogP contribution in [0, 0.1) is 19.6 Å². The number of halogens is 1. The number of nitro groups is 1. The van der Waals surface area contributed by atoms with E-state index in [1.165, 1.54) is 0 Å². The summed E-state index contributed by atoms with van der Waals surface area (Å²) in [7, 11) is 1.94. The van der Waals surface area contributed by atoms with Gasteiger partial charge in [-0.15, -0.1) is 0 Å². The summed E-state index contributed by atoms with van der Waals surface area (Å²) in [4.78, 5) is 12.9. The SMILES string of the molecule is CN(c1ccc(I)cc1[N+](=O)[O-])C1CCCC1CN. The number of hydrogen-bond acceptors (Lipinski definition) is 4. The Morgan fingerprint density at radius 2 is 2.26 bits per heavy atom. The van der Waals surface area contributed by atoms with Crippen molar-refractivity contribution in [1.82, 2.24) is 0 Å². The number of benzene rings is 1. The molecule has 1 aromatic rings. The lowest BCUT2D eigenvalue weighted by molar-refractivity contribution is -0.384. The van der Waals surface area contributed by atoms with Crippen LogP contribution < -0.4 is 10.6 Å². The van der Waals surface area contributed by atoms with Crippen molar-refractivity contribution < 1.29 is 4.92 Å². The maximum Gasteiger partial charge on any atom is 0.293 e. The Kier molecular flexibility index (Phi) is 4.62. The lowest BCUT2D eigenvalue weighted by Gasteiger charge is -2.30. The summed E-state index contributed by atoms with van der Waals surface area (Å²) in [6.45, 7) is 0.646.